The number of aromatic amines is 1. The summed E-state index contributed by atoms with van der Waals surface area (Å²) >= 11 is 0. The largest absolute Gasteiger partial charge is 0.472 e. The summed E-state index contributed by atoms with van der Waals surface area (Å²) in [5.74, 6) is -0.228. The van der Waals surface area contributed by atoms with Gasteiger partial charge in [-0.25, -0.2) is 9.55 Å². The summed E-state index contributed by atoms with van der Waals surface area (Å²) in [4.78, 5) is 39.1. The number of nitrogens with two attached hydrogens (primary N) is 1. The number of nitrogen functional groups attached to an aromatic ring is 1. The van der Waals surface area contributed by atoms with Gasteiger partial charge in [-0.1, -0.05) is 0 Å². The second kappa shape index (κ2) is 6.12. The van der Waals surface area contributed by atoms with Gasteiger partial charge in [-0.15, -0.1) is 0 Å². The van der Waals surface area contributed by atoms with Crippen LogP contribution in [0.1, 0.15) is 6.23 Å². The third-order valence-electron chi connectivity index (χ3n) is 3.53. The number of nitrogens with zero attached hydrogens (tertiary/aromatic N) is 3. The van der Waals surface area contributed by atoms with E-state index in [9.17, 15) is 24.7 Å². The number of fused-ring (bicyclic) bond motifs is 1. The molecule has 1 aliphatic rings. The molecule has 0 amide bonds. The normalized spacial score (nSPS) is 28.5. The standard InChI is InChI=1S/C10H14N5O9P/c11-10-13-6-2(7(18)14-10)12-1-15(6)8-4(17)3(16)5(23-8)9(19)24-25(20,21)22/h1,3-5,8-9,16-17,19H,(H2,20,21,22)(H3,11,13,14,18)/t3-,4-,5+,8?,9?/m1/s1. The number of aromatic nitrogens is 4. The van der Waals surface area contributed by atoms with Gasteiger partial charge in [0.25, 0.3) is 5.56 Å². The third kappa shape index (κ3) is 3.29. The van der Waals surface area contributed by atoms with Crippen molar-refractivity contribution in [2.24, 2.45) is 0 Å². The van der Waals surface area contributed by atoms with Crippen molar-refractivity contribution in [1.29, 1.82) is 0 Å². The maximum atomic E-state index is 11.8. The van der Waals surface area contributed by atoms with Crippen molar-refractivity contribution in [3.63, 3.8) is 0 Å². The number of ether oxygens (including phenoxy) is 1. The number of rotatable bonds is 4. The molecule has 5 atom stereocenters. The van der Waals surface area contributed by atoms with Gasteiger partial charge in [0.2, 0.25) is 5.95 Å². The van der Waals surface area contributed by atoms with Gasteiger partial charge in [0.15, 0.2) is 23.7 Å². The van der Waals surface area contributed by atoms with E-state index in [-0.39, 0.29) is 17.1 Å². The zero-order chi connectivity index (χ0) is 18.5. The molecule has 0 aliphatic carbocycles. The van der Waals surface area contributed by atoms with Crippen molar-refractivity contribution in [3.8, 4) is 0 Å². The molecular weight excluding hydrogens is 365 g/mol. The highest BCUT2D eigenvalue weighted by Gasteiger charge is 2.49. The highest BCUT2D eigenvalue weighted by Crippen LogP contribution is 2.41. The molecule has 14 nitrogen and oxygen atoms in total. The van der Waals surface area contributed by atoms with Crippen LogP contribution in [0.25, 0.3) is 11.2 Å². The quantitative estimate of drug-likeness (QED) is 0.205. The highest BCUT2D eigenvalue weighted by molar-refractivity contribution is 7.46. The van der Waals surface area contributed by atoms with Crippen LogP contribution in [0.15, 0.2) is 11.1 Å². The van der Waals surface area contributed by atoms with E-state index in [1.165, 1.54) is 0 Å². The van der Waals surface area contributed by atoms with Gasteiger partial charge in [-0.05, 0) is 0 Å². The fraction of sp³-hybridized carbons (Fsp3) is 0.500. The molecule has 3 rings (SSSR count). The molecule has 2 unspecified atom stereocenters. The molecule has 15 heteroatoms. The van der Waals surface area contributed by atoms with E-state index in [4.69, 9.17) is 20.3 Å². The Morgan fingerprint density at radius 2 is 2.08 bits per heavy atom. The van der Waals surface area contributed by atoms with E-state index in [0.717, 1.165) is 10.9 Å². The van der Waals surface area contributed by atoms with E-state index in [2.05, 4.69) is 19.5 Å². The Hall–Kier alpha value is -1.90. The number of nitrogens with one attached hydrogen (secondary N) is 1. The number of anilines is 1. The van der Waals surface area contributed by atoms with Gasteiger partial charge < -0.3 is 35.6 Å². The summed E-state index contributed by atoms with van der Waals surface area (Å²) in [5, 5.41) is 29.7. The number of phosphoric ester groups is 1. The minimum atomic E-state index is -5.07. The van der Waals surface area contributed by atoms with Gasteiger partial charge in [0.1, 0.15) is 18.3 Å². The van der Waals surface area contributed by atoms with Crippen LogP contribution in [-0.4, -0.2) is 69.2 Å². The lowest BCUT2D eigenvalue weighted by atomic mass is 10.1. The van der Waals surface area contributed by atoms with Gasteiger partial charge in [0, 0.05) is 0 Å². The Labute approximate surface area is 137 Å². The van der Waals surface area contributed by atoms with Gasteiger partial charge in [0.05, 0.1) is 6.33 Å². The predicted octanol–water partition coefficient (Wildman–Crippen LogP) is -3.25. The Bertz CT molecular complexity index is 893. The van der Waals surface area contributed by atoms with E-state index in [0.29, 0.717) is 0 Å². The van der Waals surface area contributed by atoms with Crippen LogP contribution in [-0.2, 0) is 13.8 Å². The fourth-order valence-electron chi connectivity index (χ4n) is 2.48. The number of H-pyrrole nitrogens is 1. The molecule has 8 N–H and O–H groups in total. The molecule has 0 saturated carbocycles. The van der Waals surface area contributed by atoms with E-state index < -0.39 is 44.2 Å². The van der Waals surface area contributed by atoms with E-state index in [1.54, 1.807) is 0 Å². The molecule has 2 aromatic heterocycles. The molecule has 1 saturated heterocycles. The highest BCUT2D eigenvalue weighted by atomic mass is 31.2. The van der Waals surface area contributed by atoms with Crippen LogP contribution < -0.4 is 11.3 Å². The minimum Gasteiger partial charge on any atom is -0.387 e. The van der Waals surface area contributed by atoms with E-state index in [1.807, 2.05) is 0 Å². The lowest BCUT2D eigenvalue weighted by Crippen LogP contribution is -2.39. The third-order valence-corrected chi connectivity index (χ3v) is 4.02. The van der Waals surface area contributed by atoms with Crippen molar-refractivity contribution in [2.75, 3.05) is 5.73 Å². The second-order valence-electron chi connectivity index (χ2n) is 5.23. The van der Waals surface area contributed by atoms with Crippen LogP contribution in [0.3, 0.4) is 0 Å². The van der Waals surface area contributed by atoms with Crippen molar-refractivity contribution >= 4 is 24.9 Å². The Balaban J connectivity index is 1.94. The van der Waals surface area contributed by atoms with Gasteiger partial charge in [-0.3, -0.25) is 18.9 Å². The SMILES string of the molecule is Nc1nc2c(ncn2C2O[C@H](C(O)OP(=O)(O)O)[C@H](O)[C@H]2O)c(=O)[nH]1. The molecule has 3 heterocycles. The first-order valence-corrected chi connectivity index (χ1v) is 8.27. The van der Waals surface area contributed by atoms with Gasteiger partial charge >= 0.3 is 7.82 Å². The molecular formula is C10H14N5O9P. The Kier molecular flexibility index (Phi) is 4.38. The van der Waals surface area contributed by atoms with E-state index >= 15 is 0 Å². The lowest BCUT2D eigenvalue weighted by Gasteiger charge is -2.21. The molecule has 0 aromatic carbocycles. The Morgan fingerprint density at radius 1 is 1.40 bits per heavy atom. The van der Waals surface area contributed by atoms with Crippen molar-refractivity contribution < 1.29 is 38.9 Å². The summed E-state index contributed by atoms with van der Waals surface area (Å²) in [7, 11) is -5.07. The Morgan fingerprint density at radius 3 is 2.72 bits per heavy atom. The van der Waals surface area contributed by atoms with Gasteiger partial charge in [-0.2, -0.15) is 4.98 Å². The summed E-state index contributed by atoms with van der Waals surface area (Å²) < 4.78 is 21.1. The first-order chi connectivity index (χ1) is 11.6. The number of aliphatic hydroxyl groups excluding tert-OH is 3. The number of imidazole rings is 1. The zero-order valence-corrected chi connectivity index (χ0v) is 13.1. The first kappa shape index (κ1) is 17.9. The van der Waals surface area contributed by atoms with Crippen molar-refractivity contribution in [1.82, 2.24) is 19.5 Å². The van der Waals surface area contributed by atoms with Crippen molar-refractivity contribution in [2.45, 2.75) is 30.8 Å². The van der Waals surface area contributed by atoms with Crippen LogP contribution in [0.5, 0.6) is 0 Å². The number of aliphatic hydroxyl groups is 3. The zero-order valence-electron chi connectivity index (χ0n) is 12.2. The number of hydrogen-bond donors (Lipinski definition) is 7. The fourth-order valence-corrected chi connectivity index (χ4v) is 2.88. The monoisotopic (exact) mass is 379 g/mol. The van der Waals surface area contributed by atoms with Crippen LogP contribution in [0.4, 0.5) is 5.95 Å². The molecule has 1 fully saturated rings. The first-order valence-electron chi connectivity index (χ1n) is 6.74. The topological polar surface area (TPSA) is 226 Å². The minimum absolute atomic E-state index is 0.0662. The second-order valence-corrected chi connectivity index (χ2v) is 6.43. The average molecular weight is 379 g/mol. The summed E-state index contributed by atoms with van der Waals surface area (Å²) in [5.41, 5.74) is 4.63. The molecule has 2 aromatic rings. The maximum absolute atomic E-state index is 11.8. The molecule has 1 aliphatic heterocycles. The molecule has 25 heavy (non-hydrogen) atoms. The summed E-state index contributed by atoms with van der Waals surface area (Å²) in [6.07, 6.45) is -7.63. The maximum Gasteiger partial charge on any atom is 0.472 e. The lowest BCUT2D eigenvalue weighted by molar-refractivity contribution is -0.161. The molecule has 0 bridgehead atoms. The number of phosphoric acid groups is 1. The average Bonchev–Trinajstić information content (AvgIpc) is 3.00. The smallest absolute Gasteiger partial charge is 0.387 e. The molecule has 0 radical (unpaired) electrons. The van der Waals surface area contributed by atoms with Crippen LogP contribution in [0.2, 0.25) is 0 Å². The molecule has 0 spiro atoms. The summed E-state index contributed by atoms with van der Waals surface area (Å²) in [6.45, 7) is 0. The molecule has 138 valence electrons. The number of hydrogen-bond acceptors (Lipinski definition) is 10. The van der Waals surface area contributed by atoms with Crippen LogP contribution >= 0.6 is 7.82 Å². The van der Waals surface area contributed by atoms with Crippen LogP contribution in [0, 0.1) is 0 Å². The predicted molar refractivity (Wildman–Crippen MR) is 77.6 cm³/mol. The van der Waals surface area contributed by atoms with Crippen molar-refractivity contribution in [3.05, 3.63) is 16.7 Å². The summed E-state index contributed by atoms with van der Waals surface area (Å²) in [6, 6.07) is 0.